The fourth-order valence-electron chi connectivity index (χ4n) is 2.30. The van der Waals surface area contributed by atoms with E-state index >= 15 is 0 Å². The smallest absolute Gasteiger partial charge is 0.257 e. The summed E-state index contributed by atoms with van der Waals surface area (Å²) in [5, 5.41) is 3.10. The quantitative estimate of drug-likeness (QED) is 0.884. The van der Waals surface area contributed by atoms with Crippen LogP contribution < -0.4 is 5.32 Å². The monoisotopic (exact) mass is 348 g/mol. The van der Waals surface area contributed by atoms with Crippen LogP contribution in [0, 0.1) is 5.82 Å². The molecule has 0 atom stereocenters. The molecule has 0 fully saturated rings. The van der Waals surface area contributed by atoms with Crippen molar-refractivity contribution in [2.45, 2.75) is 20.4 Å². The van der Waals surface area contributed by atoms with E-state index in [1.807, 2.05) is 19.1 Å². The van der Waals surface area contributed by atoms with Gasteiger partial charge < -0.3 is 10.2 Å². The number of hydrogen-bond acceptors (Lipinski definition) is 2. The van der Waals surface area contributed by atoms with Gasteiger partial charge in [0, 0.05) is 30.7 Å². The molecule has 0 heterocycles. The summed E-state index contributed by atoms with van der Waals surface area (Å²) in [6, 6.07) is 11.1. The fourth-order valence-corrected chi connectivity index (χ4v) is 2.50. The van der Waals surface area contributed by atoms with Crippen molar-refractivity contribution in [1.82, 2.24) is 4.90 Å². The molecular weight excluding hydrogens is 331 g/mol. The van der Waals surface area contributed by atoms with E-state index in [0.29, 0.717) is 17.3 Å². The standard InChI is InChI=1S/C18H18ClFN2O2/c1-3-22(11-13-6-4-5-7-16(13)19)18(24)15-10-14(21-12(2)23)8-9-17(15)20/h4-10H,3,11H2,1-2H3,(H,21,23). The molecule has 2 rings (SSSR count). The molecule has 2 aromatic carbocycles. The van der Waals surface area contributed by atoms with Gasteiger partial charge in [0.2, 0.25) is 5.91 Å². The summed E-state index contributed by atoms with van der Waals surface area (Å²) in [4.78, 5) is 25.3. The molecule has 0 aliphatic heterocycles. The zero-order chi connectivity index (χ0) is 17.7. The van der Waals surface area contributed by atoms with Gasteiger partial charge in [-0.2, -0.15) is 0 Å². The fraction of sp³-hybridized carbons (Fsp3) is 0.222. The Morgan fingerprint density at radius 1 is 1.21 bits per heavy atom. The zero-order valence-corrected chi connectivity index (χ0v) is 14.2. The van der Waals surface area contributed by atoms with Gasteiger partial charge in [-0.1, -0.05) is 29.8 Å². The van der Waals surface area contributed by atoms with E-state index < -0.39 is 11.7 Å². The normalized spacial score (nSPS) is 10.3. The van der Waals surface area contributed by atoms with E-state index in [0.717, 1.165) is 5.56 Å². The second kappa shape index (κ2) is 7.93. The van der Waals surface area contributed by atoms with E-state index in [1.54, 1.807) is 12.1 Å². The number of nitrogens with one attached hydrogen (secondary N) is 1. The minimum Gasteiger partial charge on any atom is -0.334 e. The Bertz CT molecular complexity index is 764. The number of amides is 2. The zero-order valence-electron chi connectivity index (χ0n) is 13.5. The summed E-state index contributed by atoms with van der Waals surface area (Å²) in [5.41, 5.74) is 1.07. The second-order valence-electron chi connectivity index (χ2n) is 5.29. The SMILES string of the molecule is CCN(Cc1ccccc1Cl)C(=O)c1cc(NC(C)=O)ccc1F. The molecule has 0 saturated heterocycles. The van der Waals surface area contributed by atoms with Crippen LogP contribution in [0.2, 0.25) is 5.02 Å². The van der Waals surface area contributed by atoms with Crippen LogP contribution in [0.5, 0.6) is 0 Å². The predicted octanol–water partition coefficient (Wildman–Crippen LogP) is 4.10. The minimum atomic E-state index is -0.633. The number of anilines is 1. The molecule has 2 aromatic rings. The molecule has 0 spiro atoms. The molecule has 0 radical (unpaired) electrons. The molecule has 0 aliphatic carbocycles. The lowest BCUT2D eigenvalue weighted by molar-refractivity contribution is -0.114. The number of carbonyl (C=O) groups is 2. The van der Waals surface area contributed by atoms with E-state index in [2.05, 4.69) is 5.32 Å². The topological polar surface area (TPSA) is 49.4 Å². The molecule has 24 heavy (non-hydrogen) atoms. The van der Waals surface area contributed by atoms with E-state index in [-0.39, 0.29) is 18.0 Å². The van der Waals surface area contributed by atoms with Crippen molar-refractivity contribution in [2.75, 3.05) is 11.9 Å². The van der Waals surface area contributed by atoms with Crippen LogP contribution in [-0.2, 0) is 11.3 Å². The maximum Gasteiger partial charge on any atom is 0.257 e. The Morgan fingerprint density at radius 2 is 1.92 bits per heavy atom. The largest absolute Gasteiger partial charge is 0.334 e. The Kier molecular flexibility index (Phi) is 5.93. The van der Waals surface area contributed by atoms with E-state index in [4.69, 9.17) is 11.6 Å². The summed E-state index contributed by atoms with van der Waals surface area (Å²) in [5.74, 6) is -1.38. The van der Waals surface area contributed by atoms with Crippen molar-refractivity contribution in [2.24, 2.45) is 0 Å². The molecule has 4 nitrogen and oxygen atoms in total. The predicted molar refractivity (Wildman–Crippen MR) is 92.6 cm³/mol. The van der Waals surface area contributed by atoms with Crippen LogP contribution in [0.3, 0.4) is 0 Å². The van der Waals surface area contributed by atoms with Gasteiger partial charge in [-0.25, -0.2) is 4.39 Å². The third kappa shape index (κ3) is 4.32. The Labute approximate surface area is 145 Å². The molecule has 6 heteroatoms. The highest BCUT2D eigenvalue weighted by atomic mass is 35.5. The second-order valence-corrected chi connectivity index (χ2v) is 5.69. The van der Waals surface area contributed by atoms with Gasteiger partial charge in [0.05, 0.1) is 5.56 Å². The van der Waals surface area contributed by atoms with Crippen LogP contribution in [0.4, 0.5) is 10.1 Å². The molecule has 0 aliphatic rings. The number of rotatable bonds is 5. The van der Waals surface area contributed by atoms with Gasteiger partial charge in [0.1, 0.15) is 5.82 Å². The van der Waals surface area contributed by atoms with Gasteiger partial charge in [0.25, 0.3) is 5.91 Å². The highest BCUT2D eigenvalue weighted by molar-refractivity contribution is 6.31. The van der Waals surface area contributed by atoms with Crippen LogP contribution in [0.15, 0.2) is 42.5 Å². The number of nitrogens with zero attached hydrogens (tertiary/aromatic N) is 1. The molecular formula is C18H18ClFN2O2. The molecule has 126 valence electrons. The molecule has 1 N–H and O–H groups in total. The van der Waals surface area contributed by atoms with Crippen molar-refractivity contribution < 1.29 is 14.0 Å². The van der Waals surface area contributed by atoms with Crippen molar-refractivity contribution in [3.63, 3.8) is 0 Å². The molecule has 0 unspecified atom stereocenters. The number of benzene rings is 2. The Balaban J connectivity index is 2.28. The minimum absolute atomic E-state index is 0.0878. The summed E-state index contributed by atoms with van der Waals surface area (Å²) in [7, 11) is 0. The first kappa shape index (κ1) is 17.9. The van der Waals surface area contributed by atoms with Crippen molar-refractivity contribution >= 4 is 29.1 Å². The maximum atomic E-state index is 14.1. The van der Waals surface area contributed by atoms with Crippen molar-refractivity contribution in [1.29, 1.82) is 0 Å². The van der Waals surface area contributed by atoms with E-state index in [9.17, 15) is 14.0 Å². The van der Waals surface area contributed by atoms with Gasteiger partial charge in [-0.3, -0.25) is 9.59 Å². The summed E-state index contributed by atoms with van der Waals surface area (Å²) >= 11 is 6.13. The molecule has 2 amide bonds. The van der Waals surface area contributed by atoms with Gasteiger partial charge in [-0.15, -0.1) is 0 Å². The van der Waals surface area contributed by atoms with Crippen LogP contribution in [0.1, 0.15) is 29.8 Å². The highest BCUT2D eigenvalue weighted by Crippen LogP contribution is 2.21. The third-order valence-corrected chi connectivity index (χ3v) is 3.87. The lowest BCUT2D eigenvalue weighted by atomic mass is 10.1. The Hall–Kier alpha value is -2.40. The van der Waals surface area contributed by atoms with Crippen LogP contribution in [-0.4, -0.2) is 23.3 Å². The lowest BCUT2D eigenvalue weighted by Crippen LogP contribution is -2.31. The van der Waals surface area contributed by atoms with Gasteiger partial charge in [0.15, 0.2) is 0 Å². The van der Waals surface area contributed by atoms with Crippen LogP contribution in [0.25, 0.3) is 0 Å². The lowest BCUT2D eigenvalue weighted by Gasteiger charge is -2.22. The first-order valence-corrected chi connectivity index (χ1v) is 7.90. The number of halogens is 2. The first-order valence-electron chi connectivity index (χ1n) is 7.52. The Morgan fingerprint density at radius 3 is 2.54 bits per heavy atom. The molecule has 0 bridgehead atoms. The summed E-state index contributed by atoms with van der Waals surface area (Å²) < 4.78 is 14.1. The average Bonchev–Trinajstić information content (AvgIpc) is 2.55. The number of hydrogen-bond donors (Lipinski definition) is 1. The summed E-state index contributed by atoms with van der Waals surface area (Å²) in [6.07, 6.45) is 0. The molecule has 0 aromatic heterocycles. The van der Waals surface area contributed by atoms with Gasteiger partial charge >= 0.3 is 0 Å². The van der Waals surface area contributed by atoms with Crippen LogP contribution >= 0.6 is 11.6 Å². The first-order chi connectivity index (χ1) is 11.4. The highest BCUT2D eigenvalue weighted by Gasteiger charge is 2.20. The number of carbonyl (C=O) groups excluding carboxylic acids is 2. The third-order valence-electron chi connectivity index (χ3n) is 3.51. The van der Waals surface area contributed by atoms with E-state index in [1.165, 1.54) is 30.0 Å². The maximum absolute atomic E-state index is 14.1. The van der Waals surface area contributed by atoms with Gasteiger partial charge in [-0.05, 0) is 36.8 Å². The summed E-state index contributed by atoms with van der Waals surface area (Å²) in [6.45, 7) is 3.83. The van der Waals surface area contributed by atoms with Crippen molar-refractivity contribution in [3.05, 3.63) is 64.4 Å². The molecule has 0 saturated carbocycles. The van der Waals surface area contributed by atoms with Crippen molar-refractivity contribution in [3.8, 4) is 0 Å². The average molecular weight is 349 g/mol.